The van der Waals surface area contributed by atoms with Gasteiger partial charge in [-0.1, -0.05) is 27.5 Å². The van der Waals surface area contributed by atoms with Crippen LogP contribution in [0.4, 0.5) is 0 Å². The number of rotatable bonds is 3. The van der Waals surface area contributed by atoms with Crippen molar-refractivity contribution in [1.29, 1.82) is 5.41 Å². The summed E-state index contributed by atoms with van der Waals surface area (Å²) in [5, 5.41) is 8.33. The van der Waals surface area contributed by atoms with E-state index in [4.69, 9.17) is 27.5 Å². The van der Waals surface area contributed by atoms with Crippen LogP contribution in [0.15, 0.2) is 34.8 Å². The van der Waals surface area contributed by atoms with Crippen LogP contribution >= 0.6 is 27.5 Å². The number of nitrogen functional groups attached to an aromatic ring is 1. The minimum absolute atomic E-state index is 0.0325. The van der Waals surface area contributed by atoms with E-state index in [1.807, 2.05) is 32.0 Å². The Morgan fingerprint density at radius 1 is 1.20 bits per heavy atom. The van der Waals surface area contributed by atoms with Crippen molar-refractivity contribution in [3.63, 3.8) is 0 Å². The SMILES string of the molecule is Cc1cc(Oc2cc(Br)ccc2C(=N)N)cc(C)c1Cl. The quantitative estimate of drug-likeness (QED) is 0.615. The van der Waals surface area contributed by atoms with Gasteiger partial charge in [0.1, 0.15) is 17.3 Å². The van der Waals surface area contributed by atoms with Crippen LogP contribution in [0.25, 0.3) is 0 Å². The van der Waals surface area contributed by atoms with E-state index < -0.39 is 0 Å². The Hall–Kier alpha value is -1.52. The van der Waals surface area contributed by atoms with Gasteiger partial charge in [0.15, 0.2) is 0 Å². The fourth-order valence-corrected chi connectivity index (χ4v) is 2.34. The van der Waals surface area contributed by atoms with E-state index in [0.29, 0.717) is 17.1 Å². The lowest BCUT2D eigenvalue weighted by Gasteiger charge is -2.13. The molecular weight excluding hydrogens is 340 g/mol. The molecule has 0 aliphatic heterocycles. The molecular formula is C15H14BrClN2O. The Morgan fingerprint density at radius 3 is 2.35 bits per heavy atom. The average molecular weight is 354 g/mol. The van der Waals surface area contributed by atoms with E-state index in [1.165, 1.54) is 0 Å². The maximum atomic E-state index is 7.59. The second kappa shape index (κ2) is 5.85. The van der Waals surface area contributed by atoms with Crippen molar-refractivity contribution in [2.75, 3.05) is 0 Å². The van der Waals surface area contributed by atoms with Crippen LogP contribution in [-0.2, 0) is 0 Å². The molecule has 2 rings (SSSR count). The molecule has 0 aliphatic carbocycles. The molecule has 0 saturated heterocycles. The van der Waals surface area contributed by atoms with Gasteiger partial charge in [-0.25, -0.2) is 0 Å². The third-order valence-corrected chi connectivity index (χ3v) is 3.96. The molecule has 0 bridgehead atoms. The first-order valence-corrected chi connectivity index (χ1v) is 7.14. The first-order chi connectivity index (χ1) is 9.38. The number of amidine groups is 1. The first-order valence-electron chi connectivity index (χ1n) is 5.97. The molecule has 20 heavy (non-hydrogen) atoms. The molecule has 3 N–H and O–H groups in total. The van der Waals surface area contributed by atoms with Crippen molar-refractivity contribution in [3.8, 4) is 11.5 Å². The number of ether oxygens (including phenoxy) is 1. The largest absolute Gasteiger partial charge is 0.457 e. The van der Waals surface area contributed by atoms with E-state index in [0.717, 1.165) is 20.6 Å². The highest BCUT2D eigenvalue weighted by Crippen LogP contribution is 2.32. The van der Waals surface area contributed by atoms with E-state index in [2.05, 4.69) is 15.9 Å². The van der Waals surface area contributed by atoms with Crippen LogP contribution in [0.3, 0.4) is 0 Å². The molecule has 5 heteroatoms. The predicted octanol–water partition coefficient (Wildman–Crippen LogP) is 4.80. The summed E-state index contributed by atoms with van der Waals surface area (Å²) in [6.07, 6.45) is 0. The zero-order valence-corrected chi connectivity index (χ0v) is 13.5. The van der Waals surface area contributed by atoms with Crippen molar-refractivity contribution in [2.24, 2.45) is 5.73 Å². The van der Waals surface area contributed by atoms with E-state index in [1.54, 1.807) is 12.1 Å². The molecule has 0 saturated carbocycles. The number of nitrogens with one attached hydrogen (secondary N) is 1. The maximum Gasteiger partial charge on any atom is 0.139 e. The molecule has 104 valence electrons. The van der Waals surface area contributed by atoms with Gasteiger partial charge in [0.25, 0.3) is 0 Å². The second-order valence-electron chi connectivity index (χ2n) is 4.53. The number of halogens is 2. The molecule has 0 atom stereocenters. The summed E-state index contributed by atoms with van der Waals surface area (Å²) in [6.45, 7) is 3.85. The predicted molar refractivity (Wildman–Crippen MR) is 86.2 cm³/mol. The van der Waals surface area contributed by atoms with Crippen LogP contribution < -0.4 is 10.5 Å². The Labute approximate surface area is 131 Å². The summed E-state index contributed by atoms with van der Waals surface area (Å²) in [6, 6.07) is 9.08. The highest BCUT2D eigenvalue weighted by molar-refractivity contribution is 9.10. The molecule has 0 aromatic heterocycles. The van der Waals surface area contributed by atoms with Crippen LogP contribution in [-0.4, -0.2) is 5.84 Å². The highest BCUT2D eigenvalue weighted by atomic mass is 79.9. The maximum absolute atomic E-state index is 7.59. The van der Waals surface area contributed by atoms with Gasteiger partial charge >= 0.3 is 0 Å². The molecule has 0 amide bonds. The average Bonchev–Trinajstić information content (AvgIpc) is 2.35. The number of hydrogen-bond acceptors (Lipinski definition) is 2. The lowest BCUT2D eigenvalue weighted by molar-refractivity contribution is 0.480. The Balaban J connectivity index is 2.44. The molecule has 2 aromatic rings. The zero-order valence-electron chi connectivity index (χ0n) is 11.1. The van der Waals surface area contributed by atoms with Gasteiger partial charge in [-0.15, -0.1) is 0 Å². The third-order valence-electron chi connectivity index (χ3n) is 2.87. The van der Waals surface area contributed by atoms with E-state index in [9.17, 15) is 0 Å². The van der Waals surface area contributed by atoms with E-state index >= 15 is 0 Å². The minimum Gasteiger partial charge on any atom is -0.457 e. The van der Waals surface area contributed by atoms with Crippen LogP contribution in [0.2, 0.25) is 5.02 Å². The standard InChI is InChI=1S/C15H14BrClN2O/c1-8-5-11(6-9(2)14(8)17)20-13-7-10(16)3-4-12(13)15(18)19/h3-7H,1-2H3,(H3,18,19). The number of aryl methyl sites for hydroxylation is 2. The fourth-order valence-electron chi connectivity index (χ4n) is 1.90. The molecule has 0 aliphatic rings. The van der Waals surface area contributed by atoms with Crippen LogP contribution in [0.5, 0.6) is 11.5 Å². The smallest absolute Gasteiger partial charge is 0.139 e. The van der Waals surface area contributed by atoms with Gasteiger partial charge in [0, 0.05) is 9.50 Å². The summed E-state index contributed by atoms with van der Waals surface area (Å²) in [7, 11) is 0. The molecule has 0 heterocycles. The van der Waals surface area contributed by atoms with E-state index in [-0.39, 0.29) is 5.84 Å². The zero-order chi connectivity index (χ0) is 14.9. The highest BCUT2D eigenvalue weighted by Gasteiger charge is 2.10. The first kappa shape index (κ1) is 14.9. The number of benzene rings is 2. The van der Waals surface area contributed by atoms with Crippen molar-refractivity contribution in [2.45, 2.75) is 13.8 Å². The van der Waals surface area contributed by atoms with Gasteiger partial charge < -0.3 is 10.5 Å². The summed E-state index contributed by atoms with van der Waals surface area (Å²) in [5.74, 6) is 1.17. The molecule has 0 unspecified atom stereocenters. The topological polar surface area (TPSA) is 59.1 Å². The Bertz CT molecular complexity index is 663. The summed E-state index contributed by atoms with van der Waals surface area (Å²) in [5.41, 5.74) is 8.01. The monoisotopic (exact) mass is 352 g/mol. The molecule has 0 radical (unpaired) electrons. The normalized spacial score (nSPS) is 10.4. The molecule has 3 nitrogen and oxygen atoms in total. The van der Waals surface area contributed by atoms with Gasteiger partial charge in [-0.3, -0.25) is 5.41 Å². The molecule has 2 aromatic carbocycles. The summed E-state index contributed by atoms with van der Waals surface area (Å²) in [4.78, 5) is 0. The van der Waals surface area contributed by atoms with Crippen molar-refractivity contribution < 1.29 is 4.74 Å². The van der Waals surface area contributed by atoms with Crippen LogP contribution in [0.1, 0.15) is 16.7 Å². The van der Waals surface area contributed by atoms with Crippen molar-refractivity contribution in [3.05, 3.63) is 56.5 Å². The Morgan fingerprint density at radius 2 is 1.80 bits per heavy atom. The molecule has 0 fully saturated rings. The Kier molecular flexibility index (Phi) is 4.35. The van der Waals surface area contributed by atoms with Gasteiger partial charge in [-0.2, -0.15) is 0 Å². The number of hydrogen-bond donors (Lipinski definition) is 2. The van der Waals surface area contributed by atoms with Crippen LogP contribution in [0, 0.1) is 19.3 Å². The second-order valence-corrected chi connectivity index (χ2v) is 5.82. The molecule has 0 spiro atoms. The lowest BCUT2D eigenvalue weighted by Crippen LogP contribution is -2.12. The van der Waals surface area contributed by atoms with Gasteiger partial charge in [-0.05, 0) is 55.3 Å². The van der Waals surface area contributed by atoms with Gasteiger partial charge in [0.2, 0.25) is 0 Å². The third kappa shape index (κ3) is 3.14. The fraction of sp³-hybridized carbons (Fsp3) is 0.133. The summed E-state index contributed by atoms with van der Waals surface area (Å²) < 4.78 is 6.72. The van der Waals surface area contributed by atoms with Gasteiger partial charge in [0.05, 0.1) is 5.56 Å². The number of nitrogens with two attached hydrogens (primary N) is 1. The summed E-state index contributed by atoms with van der Waals surface area (Å²) >= 11 is 9.53. The lowest BCUT2D eigenvalue weighted by atomic mass is 10.1. The minimum atomic E-state index is -0.0325. The van der Waals surface area contributed by atoms with Crippen molar-refractivity contribution >= 4 is 33.4 Å². The van der Waals surface area contributed by atoms with Crippen molar-refractivity contribution in [1.82, 2.24) is 0 Å².